The molecule has 0 aromatic carbocycles. The molecule has 3 nitrogen and oxygen atoms in total. The van der Waals surface area contributed by atoms with Crippen LogP contribution in [0.5, 0.6) is 0 Å². The van der Waals surface area contributed by atoms with Gasteiger partial charge >= 0.3 is 12.2 Å². The Labute approximate surface area is 79.8 Å². The van der Waals surface area contributed by atoms with Crippen LogP contribution in [0.4, 0.5) is 18.0 Å². The Hall–Kier alpha value is -0.940. The molecule has 0 heterocycles. The van der Waals surface area contributed by atoms with Crippen LogP contribution in [0.3, 0.4) is 0 Å². The van der Waals surface area contributed by atoms with E-state index in [1.54, 1.807) is 5.32 Å². The lowest BCUT2D eigenvalue weighted by molar-refractivity contribution is -0.164. The highest BCUT2D eigenvalue weighted by Gasteiger charge is 2.45. The number of urea groups is 1. The number of carbonyl (C=O) groups excluding carboxylic acids is 1. The number of alkyl halides is 3. The van der Waals surface area contributed by atoms with Gasteiger partial charge in [0.25, 0.3) is 0 Å². The highest BCUT2D eigenvalue weighted by atomic mass is 19.4. The van der Waals surface area contributed by atoms with Crippen LogP contribution in [-0.4, -0.2) is 18.2 Å². The van der Waals surface area contributed by atoms with Crippen molar-refractivity contribution in [1.82, 2.24) is 5.32 Å². The second-order valence-electron chi connectivity index (χ2n) is 3.57. The molecular formula is C8H13F3N2O. The third-order valence-corrected chi connectivity index (χ3v) is 2.52. The summed E-state index contributed by atoms with van der Waals surface area (Å²) in [5.74, 6) is -0.512. The van der Waals surface area contributed by atoms with Gasteiger partial charge in [0.2, 0.25) is 0 Å². The van der Waals surface area contributed by atoms with E-state index in [0.717, 1.165) is 12.8 Å². The standard InChI is InChI=1S/C8H13F3N2O/c9-8(10,11)6(13-7(12)14)5-3-1-2-4-5/h5-6H,1-4H2,(H3,12,13,14)/t6-/m1/s1. The van der Waals surface area contributed by atoms with Crippen molar-refractivity contribution in [3.8, 4) is 0 Å². The summed E-state index contributed by atoms with van der Waals surface area (Å²) in [4.78, 5) is 10.4. The number of nitrogens with two attached hydrogens (primary N) is 1. The lowest BCUT2D eigenvalue weighted by Gasteiger charge is -2.25. The predicted molar refractivity (Wildman–Crippen MR) is 44.5 cm³/mol. The summed E-state index contributed by atoms with van der Waals surface area (Å²) in [5, 5.41) is 1.78. The SMILES string of the molecule is NC(=O)N[C@H](C1CCCC1)C(F)(F)F. The summed E-state index contributed by atoms with van der Waals surface area (Å²) < 4.78 is 37.4. The second kappa shape index (κ2) is 4.06. The molecule has 0 unspecified atom stereocenters. The van der Waals surface area contributed by atoms with Crippen molar-refractivity contribution in [3.05, 3.63) is 0 Å². The minimum absolute atomic E-state index is 0.504. The molecule has 1 fully saturated rings. The second-order valence-corrected chi connectivity index (χ2v) is 3.57. The Kier molecular flexibility index (Phi) is 3.23. The van der Waals surface area contributed by atoms with E-state index < -0.39 is 24.2 Å². The Bertz CT molecular complexity index is 211. The predicted octanol–water partition coefficient (Wildman–Crippen LogP) is 1.78. The van der Waals surface area contributed by atoms with Crippen LogP contribution in [0.15, 0.2) is 0 Å². The molecule has 1 rings (SSSR count). The van der Waals surface area contributed by atoms with Crippen LogP contribution in [0.2, 0.25) is 0 Å². The highest BCUT2D eigenvalue weighted by molar-refractivity contribution is 5.72. The first kappa shape index (κ1) is 11.1. The van der Waals surface area contributed by atoms with Crippen molar-refractivity contribution in [2.75, 3.05) is 0 Å². The first-order valence-electron chi connectivity index (χ1n) is 4.54. The van der Waals surface area contributed by atoms with Crippen LogP contribution in [0.25, 0.3) is 0 Å². The zero-order valence-electron chi connectivity index (χ0n) is 7.60. The van der Waals surface area contributed by atoms with E-state index in [9.17, 15) is 18.0 Å². The van der Waals surface area contributed by atoms with Crippen molar-refractivity contribution in [2.24, 2.45) is 11.7 Å². The molecule has 0 bridgehead atoms. The monoisotopic (exact) mass is 210 g/mol. The average molecular weight is 210 g/mol. The smallest absolute Gasteiger partial charge is 0.352 e. The van der Waals surface area contributed by atoms with Gasteiger partial charge in [-0.1, -0.05) is 12.8 Å². The third-order valence-electron chi connectivity index (χ3n) is 2.52. The van der Waals surface area contributed by atoms with Gasteiger partial charge in [-0.15, -0.1) is 0 Å². The number of hydrogen-bond donors (Lipinski definition) is 2. The first-order valence-corrected chi connectivity index (χ1v) is 4.54. The lowest BCUT2D eigenvalue weighted by atomic mass is 9.98. The molecule has 1 saturated carbocycles. The van der Waals surface area contributed by atoms with Gasteiger partial charge in [0, 0.05) is 0 Å². The fourth-order valence-electron chi connectivity index (χ4n) is 1.91. The molecule has 0 aliphatic heterocycles. The minimum atomic E-state index is -4.40. The molecule has 0 spiro atoms. The van der Waals surface area contributed by atoms with Crippen LogP contribution in [0, 0.1) is 5.92 Å². The van der Waals surface area contributed by atoms with E-state index in [2.05, 4.69) is 0 Å². The normalized spacial score (nSPS) is 20.8. The third kappa shape index (κ3) is 2.78. The van der Waals surface area contributed by atoms with E-state index >= 15 is 0 Å². The zero-order chi connectivity index (χ0) is 10.8. The molecule has 1 atom stereocenters. The van der Waals surface area contributed by atoms with Gasteiger partial charge in [-0.3, -0.25) is 0 Å². The Morgan fingerprint density at radius 3 is 2.21 bits per heavy atom. The molecule has 0 radical (unpaired) electrons. The van der Waals surface area contributed by atoms with Crippen LogP contribution >= 0.6 is 0 Å². The van der Waals surface area contributed by atoms with Gasteiger partial charge < -0.3 is 11.1 Å². The summed E-state index contributed by atoms with van der Waals surface area (Å²) in [6.07, 6.45) is -1.81. The molecule has 82 valence electrons. The van der Waals surface area contributed by atoms with Crippen molar-refractivity contribution in [3.63, 3.8) is 0 Å². The molecule has 1 aliphatic carbocycles. The summed E-state index contributed by atoms with van der Waals surface area (Å²) in [5.41, 5.74) is 4.71. The van der Waals surface area contributed by atoms with Crippen molar-refractivity contribution in [2.45, 2.75) is 37.9 Å². The molecule has 1 aliphatic rings. The van der Waals surface area contributed by atoms with Crippen LogP contribution in [0.1, 0.15) is 25.7 Å². The summed E-state index contributed by atoms with van der Waals surface area (Å²) >= 11 is 0. The molecule has 6 heteroatoms. The quantitative estimate of drug-likeness (QED) is 0.717. The largest absolute Gasteiger partial charge is 0.408 e. The maximum absolute atomic E-state index is 12.5. The number of rotatable bonds is 2. The number of nitrogens with one attached hydrogen (secondary N) is 1. The Balaban J connectivity index is 2.65. The number of carbonyl (C=O) groups is 1. The first-order chi connectivity index (χ1) is 6.41. The number of halogens is 3. The topological polar surface area (TPSA) is 55.1 Å². The van der Waals surface area contributed by atoms with Gasteiger partial charge in [-0.05, 0) is 18.8 Å². The molecule has 14 heavy (non-hydrogen) atoms. The highest BCUT2D eigenvalue weighted by Crippen LogP contribution is 2.35. The molecule has 0 saturated heterocycles. The molecule has 0 aromatic rings. The zero-order valence-corrected chi connectivity index (χ0v) is 7.60. The average Bonchev–Trinajstić information content (AvgIpc) is 2.49. The van der Waals surface area contributed by atoms with Gasteiger partial charge in [0.05, 0.1) is 0 Å². The summed E-state index contributed by atoms with van der Waals surface area (Å²) in [7, 11) is 0. The Morgan fingerprint density at radius 2 is 1.86 bits per heavy atom. The van der Waals surface area contributed by atoms with Crippen LogP contribution < -0.4 is 11.1 Å². The van der Waals surface area contributed by atoms with Crippen molar-refractivity contribution < 1.29 is 18.0 Å². The van der Waals surface area contributed by atoms with Crippen molar-refractivity contribution in [1.29, 1.82) is 0 Å². The fourth-order valence-corrected chi connectivity index (χ4v) is 1.91. The fraction of sp³-hybridized carbons (Fsp3) is 0.875. The number of primary amides is 1. The van der Waals surface area contributed by atoms with Gasteiger partial charge in [-0.25, -0.2) is 4.79 Å². The molecule has 3 N–H and O–H groups in total. The van der Waals surface area contributed by atoms with Crippen LogP contribution in [-0.2, 0) is 0 Å². The summed E-state index contributed by atoms with van der Waals surface area (Å²) in [6.45, 7) is 0. The van der Waals surface area contributed by atoms with E-state index in [1.807, 2.05) is 0 Å². The summed E-state index contributed by atoms with van der Waals surface area (Å²) in [6, 6.07) is -2.89. The van der Waals surface area contributed by atoms with Gasteiger partial charge in [-0.2, -0.15) is 13.2 Å². The molecule has 2 amide bonds. The van der Waals surface area contributed by atoms with E-state index in [4.69, 9.17) is 5.73 Å². The maximum atomic E-state index is 12.5. The molecule has 0 aromatic heterocycles. The van der Waals surface area contributed by atoms with Gasteiger partial charge in [0.1, 0.15) is 6.04 Å². The van der Waals surface area contributed by atoms with E-state index in [-0.39, 0.29) is 0 Å². The molecular weight excluding hydrogens is 197 g/mol. The van der Waals surface area contributed by atoms with E-state index in [1.165, 1.54) is 0 Å². The lowest BCUT2D eigenvalue weighted by Crippen LogP contribution is -2.51. The van der Waals surface area contributed by atoms with E-state index in [0.29, 0.717) is 12.8 Å². The maximum Gasteiger partial charge on any atom is 0.408 e. The minimum Gasteiger partial charge on any atom is -0.352 e. The number of hydrogen-bond acceptors (Lipinski definition) is 1. The van der Waals surface area contributed by atoms with Crippen molar-refractivity contribution >= 4 is 6.03 Å². The Morgan fingerprint density at radius 1 is 1.36 bits per heavy atom. The number of amides is 2. The van der Waals surface area contributed by atoms with Gasteiger partial charge in [0.15, 0.2) is 0 Å².